The van der Waals surface area contributed by atoms with Gasteiger partial charge in [-0.25, -0.2) is 0 Å². The van der Waals surface area contributed by atoms with E-state index in [1.165, 1.54) is 0 Å². The molecule has 0 unspecified atom stereocenters. The molecule has 1 fully saturated rings. The summed E-state index contributed by atoms with van der Waals surface area (Å²) in [6.45, 7) is 5.30. The fraction of sp³-hybridized carbons (Fsp3) is 0.440. The molecule has 2 heterocycles. The van der Waals surface area contributed by atoms with E-state index in [2.05, 4.69) is 5.32 Å². The molecule has 2 aromatic rings. The van der Waals surface area contributed by atoms with Crippen LogP contribution in [0.4, 0.5) is 9.80 Å². The van der Waals surface area contributed by atoms with E-state index in [9.17, 15) is 14.7 Å². The highest BCUT2D eigenvalue weighted by Gasteiger charge is 2.65. The minimum absolute atomic E-state index is 0.0763. The number of aliphatic hydroxyl groups is 1. The van der Waals surface area contributed by atoms with Gasteiger partial charge in [-0.3, -0.25) is 9.59 Å². The first-order chi connectivity index (χ1) is 16.1. The number of benzene rings is 2. The second-order valence-electron chi connectivity index (χ2n) is 9.64. The quantitative estimate of drug-likeness (QED) is 0.430. The molecule has 2 N–H and O–H groups in total. The lowest BCUT2D eigenvalue weighted by Gasteiger charge is -2.31. The van der Waals surface area contributed by atoms with Crippen molar-refractivity contribution in [2.24, 2.45) is 5.92 Å². The van der Waals surface area contributed by atoms with Crippen LogP contribution < -0.4 is 5.32 Å². The van der Waals surface area contributed by atoms with Crippen LogP contribution >= 0.6 is 11.6 Å². The van der Waals surface area contributed by atoms with Gasteiger partial charge in [-0.05, 0) is 36.9 Å². The fourth-order valence-corrected chi connectivity index (χ4v) is 8.22. The number of rotatable bonds is 7. The van der Waals surface area contributed by atoms with E-state index in [1.54, 1.807) is 36.2 Å². The Morgan fingerprint density at radius 1 is 1.26 bits per heavy atom. The van der Waals surface area contributed by atoms with Crippen molar-refractivity contribution in [3.05, 3.63) is 64.7 Å². The average Bonchev–Trinajstić information content (AvgIpc) is 3.22. The van der Waals surface area contributed by atoms with E-state index >= 15 is 4.11 Å². The maximum atomic E-state index is 15.7. The van der Waals surface area contributed by atoms with Crippen LogP contribution in [-0.2, 0) is 26.5 Å². The molecule has 4 atom stereocenters. The van der Waals surface area contributed by atoms with Gasteiger partial charge in [0.2, 0.25) is 14.3 Å². The highest BCUT2D eigenvalue weighted by Crippen LogP contribution is 2.59. The van der Waals surface area contributed by atoms with Gasteiger partial charge in [-0.2, -0.15) is 0 Å². The zero-order valence-corrected chi connectivity index (χ0v) is 21.3. The second-order valence-corrected chi connectivity index (χ2v) is 13.9. The summed E-state index contributed by atoms with van der Waals surface area (Å²) in [7, 11) is -3.36. The van der Waals surface area contributed by atoms with Crippen LogP contribution in [0.5, 0.6) is 0 Å². The van der Waals surface area contributed by atoms with Crippen LogP contribution in [0.1, 0.15) is 24.5 Å². The highest BCUT2D eigenvalue weighted by atomic mass is 35.5. The van der Waals surface area contributed by atoms with Gasteiger partial charge in [0.15, 0.2) is 5.60 Å². The van der Waals surface area contributed by atoms with Crippen molar-refractivity contribution in [2.45, 2.75) is 50.2 Å². The summed E-state index contributed by atoms with van der Waals surface area (Å²) in [5, 5.41) is 12.8. The first-order valence-electron chi connectivity index (χ1n) is 11.5. The lowest BCUT2D eigenvalue weighted by molar-refractivity contribution is -0.148. The third kappa shape index (κ3) is 4.40. The lowest BCUT2D eigenvalue weighted by Crippen LogP contribution is -2.42. The van der Waals surface area contributed by atoms with E-state index in [1.807, 2.05) is 37.3 Å². The Kier molecular flexibility index (Phi) is 6.88. The van der Waals surface area contributed by atoms with Crippen LogP contribution in [0, 0.1) is 5.92 Å². The van der Waals surface area contributed by atoms with Crippen molar-refractivity contribution < 1.29 is 23.5 Å². The van der Waals surface area contributed by atoms with E-state index in [-0.39, 0.29) is 31.4 Å². The van der Waals surface area contributed by atoms with Gasteiger partial charge in [0, 0.05) is 40.8 Å². The van der Waals surface area contributed by atoms with Crippen molar-refractivity contribution in [3.8, 4) is 0 Å². The number of halogens is 2. The molecule has 0 bridgehead atoms. The average molecular weight is 505 g/mol. The monoisotopic (exact) mass is 504 g/mol. The van der Waals surface area contributed by atoms with Crippen LogP contribution in [0.3, 0.4) is 0 Å². The smallest absolute Gasteiger partial charge is 0.261 e. The zero-order valence-electron chi connectivity index (χ0n) is 19.6. The molecule has 34 heavy (non-hydrogen) atoms. The molecule has 6 nitrogen and oxygen atoms in total. The van der Waals surface area contributed by atoms with Gasteiger partial charge >= 0.3 is 0 Å². The van der Waals surface area contributed by atoms with Gasteiger partial charge in [0.25, 0.3) is 5.91 Å². The van der Waals surface area contributed by atoms with E-state index < -0.39 is 31.6 Å². The van der Waals surface area contributed by atoms with E-state index in [0.717, 1.165) is 5.56 Å². The molecule has 2 aromatic carbocycles. The Balaban J connectivity index is 1.65. The molecule has 2 aliphatic rings. The van der Waals surface area contributed by atoms with E-state index in [4.69, 9.17) is 16.3 Å². The Morgan fingerprint density at radius 3 is 2.62 bits per heavy atom. The summed E-state index contributed by atoms with van der Waals surface area (Å²) in [4.78, 5) is 28.2. The summed E-state index contributed by atoms with van der Waals surface area (Å²) in [5.41, 5.74) is 0.133. The number of anilines is 1. The molecule has 0 saturated carbocycles. The third-order valence-electron chi connectivity index (χ3n) is 6.99. The van der Waals surface area contributed by atoms with Crippen LogP contribution in [-0.4, -0.2) is 49.5 Å². The number of hydrogen-bond acceptors (Lipinski definition) is 4. The van der Waals surface area contributed by atoms with Crippen LogP contribution in [0.2, 0.25) is 23.7 Å². The first kappa shape index (κ1) is 24.8. The number of amides is 2. The number of aliphatic hydroxyl groups excluding tert-OH is 1. The third-order valence-corrected chi connectivity index (χ3v) is 9.68. The van der Waals surface area contributed by atoms with Crippen molar-refractivity contribution in [3.63, 3.8) is 0 Å². The molecular formula is C25H30ClFN2O4Si. The second kappa shape index (κ2) is 9.41. The molecule has 1 saturated heterocycles. The normalized spacial score (nSPS) is 25.9. The van der Waals surface area contributed by atoms with E-state index in [0.29, 0.717) is 22.8 Å². The minimum atomic E-state index is -3.36. The SMILES string of the molecule is C[C@@H]1[C@@H]([Si](C)(C)F)[C@H](CC(=O)N(CCO)Cc2ccccc2)O[C@@]12C(=O)Nc1ccc(Cl)cc12. The number of ether oxygens (including phenoxy) is 1. The summed E-state index contributed by atoms with van der Waals surface area (Å²) < 4.78 is 22.1. The number of fused-ring (bicyclic) bond motifs is 2. The molecule has 182 valence electrons. The maximum absolute atomic E-state index is 15.7. The molecule has 1 spiro atoms. The summed E-state index contributed by atoms with van der Waals surface area (Å²) >= 11 is 6.24. The maximum Gasteiger partial charge on any atom is 0.261 e. The minimum Gasteiger partial charge on any atom is -0.395 e. The molecule has 2 amide bonds. The molecule has 0 aliphatic carbocycles. The Hall–Kier alpha value is -2.26. The zero-order chi connectivity index (χ0) is 24.7. The van der Waals surface area contributed by atoms with Crippen molar-refractivity contribution in [1.29, 1.82) is 0 Å². The van der Waals surface area contributed by atoms with Crippen molar-refractivity contribution >= 4 is 37.5 Å². The molecule has 2 aliphatic heterocycles. The number of nitrogens with zero attached hydrogens (tertiary/aromatic N) is 1. The predicted octanol–water partition coefficient (Wildman–Crippen LogP) is 4.48. The molecular weight excluding hydrogens is 475 g/mol. The van der Waals surface area contributed by atoms with Crippen molar-refractivity contribution in [2.75, 3.05) is 18.5 Å². The summed E-state index contributed by atoms with van der Waals surface area (Å²) in [6, 6.07) is 14.6. The first-order valence-corrected chi connectivity index (χ1v) is 14.8. The molecule has 4 rings (SSSR count). The van der Waals surface area contributed by atoms with Gasteiger partial charge in [-0.1, -0.05) is 48.9 Å². The topological polar surface area (TPSA) is 78.9 Å². The van der Waals surface area contributed by atoms with Crippen molar-refractivity contribution in [1.82, 2.24) is 4.90 Å². The lowest BCUT2D eigenvalue weighted by atomic mass is 9.82. The number of hydrogen-bond donors (Lipinski definition) is 2. The number of nitrogens with one attached hydrogen (secondary N) is 1. The molecule has 9 heteroatoms. The predicted molar refractivity (Wildman–Crippen MR) is 132 cm³/mol. The van der Waals surface area contributed by atoms with Gasteiger partial charge < -0.3 is 24.2 Å². The molecule has 0 aromatic heterocycles. The Morgan fingerprint density at radius 2 is 1.97 bits per heavy atom. The summed E-state index contributed by atoms with van der Waals surface area (Å²) in [5.74, 6) is -1.09. The van der Waals surface area contributed by atoms with Crippen LogP contribution in [0.25, 0.3) is 0 Å². The van der Waals surface area contributed by atoms with Gasteiger partial charge in [0.1, 0.15) is 0 Å². The number of carbonyl (C=O) groups excluding carboxylic acids is 2. The Bertz CT molecular complexity index is 1080. The summed E-state index contributed by atoms with van der Waals surface area (Å²) in [6.07, 6.45) is -0.852. The standard InChI is InChI=1S/C25H30ClFN2O4Si/c1-16-23(34(2,3)27)21(14-22(31)29(11-12-30)15-17-7-5-4-6-8-17)33-25(16)19-13-18(26)9-10-20(19)28-24(25)32/h4-10,13,16,21,23,30H,11-12,14-15H2,1-3H3,(H,28,32)/t16-,21+,23-,25+/m1/s1. The van der Waals surface area contributed by atoms with Gasteiger partial charge in [-0.15, -0.1) is 0 Å². The fourth-order valence-electron chi connectivity index (χ4n) is 5.56. The highest BCUT2D eigenvalue weighted by molar-refractivity contribution is 6.72. The largest absolute Gasteiger partial charge is 0.395 e. The number of carbonyl (C=O) groups is 2. The molecule has 0 radical (unpaired) electrons. The van der Waals surface area contributed by atoms with Crippen LogP contribution in [0.15, 0.2) is 48.5 Å². The van der Waals surface area contributed by atoms with Gasteiger partial charge in [0.05, 0.1) is 19.1 Å². The Labute approximate surface area is 205 Å².